The first kappa shape index (κ1) is 10.7. The minimum absolute atomic E-state index is 0.457. The molecule has 2 saturated heterocycles. The van der Waals surface area contributed by atoms with Crippen LogP contribution in [0.2, 0.25) is 0 Å². The Morgan fingerprint density at radius 1 is 1.38 bits per heavy atom. The Bertz CT molecular complexity index is 366. The Labute approximate surface area is 101 Å². The highest BCUT2D eigenvalue weighted by Gasteiger charge is 2.37. The third-order valence-corrected chi connectivity index (χ3v) is 4.78. The minimum Gasteiger partial charge on any atom is -0.313 e. The van der Waals surface area contributed by atoms with Gasteiger partial charge in [-0.1, -0.05) is 13.8 Å². The molecule has 3 fully saturated rings. The molecule has 3 aliphatic rings. The lowest BCUT2D eigenvalue weighted by Crippen LogP contribution is -2.48. The van der Waals surface area contributed by atoms with Crippen LogP contribution in [0, 0.1) is 5.92 Å². The molecule has 3 atom stereocenters. The van der Waals surface area contributed by atoms with Crippen molar-refractivity contribution in [3.8, 4) is 0 Å². The van der Waals surface area contributed by atoms with Crippen molar-refractivity contribution in [1.29, 1.82) is 0 Å². The number of hydrogen-bond acceptors (Lipinski definition) is 4. The molecule has 1 aliphatic carbocycles. The molecule has 3 heterocycles. The van der Waals surface area contributed by atoms with Crippen LogP contribution < -0.4 is 5.32 Å². The van der Waals surface area contributed by atoms with Crippen molar-refractivity contribution in [1.82, 2.24) is 14.7 Å². The normalized spacial score (nSPS) is 33.6. The van der Waals surface area contributed by atoms with Crippen molar-refractivity contribution in [3.05, 3.63) is 10.8 Å². The van der Waals surface area contributed by atoms with Crippen LogP contribution in [-0.2, 0) is 0 Å². The van der Waals surface area contributed by atoms with Crippen LogP contribution >= 0.6 is 11.5 Å². The predicted molar refractivity (Wildman–Crippen MR) is 65.9 cm³/mol. The van der Waals surface area contributed by atoms with Gasteiger partial charge >= 0.3 is 0 Å². The Morgan fingerprint density at radius 2 is 2.25 bits per heavy atom. The second-order valence-electron chi connectivity index (χ2n) is 5.45. The molecule has 0 amide bonds. The van der Waals surface area contributed by atoms with Gasteiger partial charge in [-0.25, -0.2) is 4.98 Å². The summed E-state index contributed by atoms with van der Waals surface area (Å²) >= 11 is 1.62. The highest BCUT2D eigenvalue weighted by Crippen LogP contribution is 2.40. The largest absolute Gasteiger partial charge is 0.313 e. The van der Waals surface area contributed by atoms with E-state index in [2.05, 4.69) is 23.5 Å². The summed E-state index contributed by atoms with van der Waals surface area (Å²) in [5, 5.41) is 4.91. The first-order valence-corrected chi connectivity index (χ1v) is 7.08. The summed E-state index contributed by atoms with van der Waals surface area (Å²) < 4.78 is 4.48. The number of fused-ring (bicyclic) bond motifs is 3. The van der Waals surface area contributed by atoms with Gasteiger partial charge in [0.05, 0.1) is 0 Å². The molecule has 4 heteroatoms. The van der Waals surface area contributed by atoms with E-state index in [1.54, 1.807) is 11.5 Å². The summed E-state index contributed by atoms with van der Waals surface area (Å²) in [6.45, 7) is 5.55. The van der Waals surface area contributed by atoms with Gasteiger partial charge in [0.1, 0.15) is 10.8 Å². The van der Waals surface area contributed by atoms with Gasteiger partial charge in [-0.15, -0.1) is 0 Å². The number of piperidine rings is 2. The fraction of sp³-hybridized carbons (Fsp3) is 0.833. The van der Waals surface area contributed by atoms with Crippen molar-refractivity contribution in [2.24, 2.45) is 5.92 Å². The van der Waals surface area contributed by atoms with Crippen LogP contribution in [0.1, 0.15) is 55.8 Å². The van der Waals surface area contributed by atoms with Crippen LogP contribution in [0.3, 0.4) is 0 Å². The third kappa shape index (κ3) is 1.78. The van der Waals surface area contributed by atoms with E-state index in [9.17, 15) is 0 Å². The molecule has 16 heavy (non-hydrogen) atoms. The molecule has 4 rings (SSSR count). The monoisotopic (exact) mass is 237 g/mol. The average Bonchev–Trinajstić information content (AvgIpc) is 2.80. The zero-order valence-electron chi connectivity index (χ0n) is 9.94. The van der Waals surface area contributed by atoms with Gasteiger partial charge in [0.25, 0.3) is 0 Å². The highest BCUT2D eigenvalue weighted by molar-refractivity contribution is 7.05. The van der Waals surface area contributed by atoms with Crippen LogP contribution in [0.25, 0.3) is 0 Å². The summed E-state index contributed by atoms with van der Waals surface area (Å²) in [4.78, 5) is 4.72. The van der Waals surface area contributed by atoms with Crippen LogP contribution in [-0.4, -0.2) is 21.9 Å². The lowest BCUT2D eigenvalue weighted by molar-refractivity contribution is 0.182. The van der Waals surface area contributed by atoms with E-state index >= 15 is 0 Å². The Morgan fingerprint density at radius 3 is 2.75 bits per heavy atom. The lowest BCUT2D eigenvalue weighted by atomic mass is 9.74. The molecule has 3 nitrogen and oxygen atoms in total. The van der Waals surface area contributed by atoms with E-state index in [1.807, 2.05) is 0 Å². The first-order valence-electron chi connectivity index (χ1n) is 6.31. The molecular formula is C12H19N3S. The van der Waals surface area contributed by atoms with E-state index in [1.165, 1.54) is 30.8 Å². The zero-order valence-corrected chi connectivity index (χ0v) is 10.8. The number of aromatic nitrogens is 2. The molecule has 1 N–H and O–H groups in total. The molecule has 1 saturated carbocycles. The first-order chi connectivity index (χ1) is 7.74. The van der Waals surface area contributed by atoms with Crippen molar-refractivity contribution in [2.75, 3.05) is 6.54 Å². The van der Waals surface area contributed by atoms with E-state index < -0.39 is 0 Å². The summed E-state index contributed by atoms with van der Waals surface area (Å²) in [5.74, 6) is 3.00. The number of hydrogen-bond donors (Lipinski definition) is 1. The minimum atomic E-state index is 0.457. The molecule has 0 spiro atoms. The fourth-order valence-corrected chi connectivity index (χ4v) is 3.88. The van der Waals surface area contributed by atoms with Gasteiger partial charge in [-0.2, -0.15) is 4.37 Å². The van der Waals surface area contributed by atoms with Gasteiger partial charge in [0.15, 0.2) is 0 Å². The number of nitrogens with one attached hydrogen (secondary N) is 1. The number of rotatable bonds is 2. The van der Waals surface area contributed by atoms with E-state index in [0.29, 0.717) is 17.9 Å². The zero-order chi connectivity index (χ0) is 11.1. The van der Waals surface area contributed by atoms with Gasteiger partial charge in [-0.05, 0) is 43.3 Å². The van der Waals surface area contributed by atoms with E-state index in [-0.39, 0.29) is 0 Å². The lowest BCUT2D eigenvalue weighted by Gasteiger charge is -2.42. The van der Waals surface area contributed by atoms with Gasteiger partial charge in [0.2, 0.25) is 0 Å². The Balaban J connectivity index is 1.81. The van der Waals surface area contributed by atoms with Crippen LogP contribution in [0.4, 0.5) is 0 Å². The van der Waals surface area contributed by atoms with Gasteiger partial charge in [-0.3, -0.25) is 0 Å². The van der Waals surface area contributed by atoms with Gasteiger partial charge < -0.3 is 5.32 Å². The van der Waals surface area contributed by atoms with Crippen molar-refractivity contribution in [3.63, 3.8) is 0 Å². The molecular weight excluding hydrogens is 218 g/mol. The molecule has 0 radical (unpaired) electrons. The molecule has 1 aromatic heterocycles. The molecule has 2 aliphatic heterocycles. The summed E-state index contributed by atoms with van der Waals surface area (Å²) in [6, 6.07) is 0.665. The molecule has 2 bridgehead atoms. The van der Waals surface area contributed by atoms with Gasteiger partial charge in [0, 0.05) is 17.9 Å². The number of nitrogens with zero attached hydrogens (tertiary/aromatic N) is 2. The molecule has 0 aromatic carbocycles. The maximum Gasteiger partial charge on any atom is 0.145 e. The summed E-state index contributed by atoms with van der Waals surface area (Å²) in [7, 11) is 0. The smallest absolute Gasteiger partial charge is 0.145 e. The van der Waals surface area contributed by atoms with Crippen LogP contribution in [0.5, 0.6) is 0 Å². The quantitative estimate of drug-likeness (QED) is 0.859. The van der Waals surface area contributed by atoms with Crippen LogP contribution in [0.15, 0.2) is 0 Å². The third-order valence-electron chi connectivity index (χ3n) is 3.92. The predicted octanol–water partition coefficient (Wildman–Crippen LogP) is 2.52. The maximum absolute atomic E-state index is 4.72. The topological polar surface area (TPSA) is 37.8 Å². The van der Waals surface area contributed by atoms with Crippen molar-refractivity contribution < 1.29 is 0 Å². The highest BCUT2D eigenvalue weighted by atomic mass is 32.1. The summed E-state index contributed by atoms with van der Waals surface area (Å²) in [5.41, 5.74) is 0. The second-order valence-corrected chi connectivity index (χ2v) is 6.23. The average molecular weight is 237 g/mol. The SMILES string of the molecule is CC(C)c1nsc([C@H]2CC3CC[C@H]2NC3)n1. The molecule has 88 valence electrons. The maximum atomic E-state index is 4.72. The standard InChI is InChI=1S/C12H19N3S/c1-7(2)11-14-12(16-15-11)9-5-8-3-4-10(9)13-6-8/h7-10,13H,3-6H2,1-2H3/t8?,9-,10+/m0/s1. The van der Waals surface area contributed by atoms with Crippen molar-refractivity contribution >= 4 is 11.5 Å². The van der Waals surface area contributed by atoms with Crippen molar-refractivity contribution in [2.45, 2.75) is 51.0 Å². The van der Waals surface area contributed by atoms with E-state index in [0.717, 1.165) is 11.7 Å². The Kier molecular flexibility index (Phi) is 2.72. The summed E-state index contributed by atoms with van der Waals surface area (Å²) in [6.07, 6.45) is 4.06. The second kappa shape index (κ2) is 4.08. The fourth-order valence-electron chi connectivity index (χ4n) is 2.91. The molecule has 1 unspecified atom stereocenters. The molecule has 1 aromatic rings. The van der Waals surface area contributed by atoms with E-state index in [4.69, 9.17) is 4.98 Å². The Hall–Kier alpha value is -0.480.